The summed E-state index contributed by atoms with van der Waals surface area (Å²) in [4.78, 5) is 14.0. The van der Waals surface area contributed by atoms with Gasteiger partial charge in [0.1, 0.15) is 17.8 Å². The van der Waals surface area contributed by atoms with Crippen LogP contribution in [0.25, 0.3) is 11.0 Å². The average Bonchev–Trinajstić information content (AvgIpc) is 2.94. The first kappa shape index (κ1) is 15.3. The molecule has 110 valence electrons. The molecule has 0 saturated carbocycles. The number of alkyl halides is 1. The molecule has 0 aliphatic rings. The van der Waals surface area contributed by atoms with Gasteiger partial charge in [0.2, 0.25) is 0 Å². The zero-order chi connectivity index (χ0) is 14.4. The highest BCUT2D eigenvalue weighted by atomic mass is 79.9. The molecule has 0 fully saturated rings. The molecule has 0 radical (unpaired) electrons. The normalized spacial score (nSPS) is 12.8. The van der Waals surface area contributed by atoms with E-state index in [1.54, 1.807) is 6.33 Å². The van der Waals surface area contributed by atoms with Crippen LogP contribution in [0.4, 0.5) is 5.82 Å². The highest BCUT2D eigenvalue weighted by molar-refractivity contribution is 9.09. The van der Waals surface area contributed by atoms with Crippen molar-refractivity contribution in [3.05, 3.63) is 18.6 Å². The van der Waals surface area contributed by atoms with Crippen LogP contribution in [0, 0.1) is 5.92 Å². The molecule has 2 aromatic rings. The van der Waals surface area contributed by atoms with Gasteiger partial charge in [0.25, 0.3) is 0 Å². The van der Waals surface area contributed by atoms with Gasteiger partial charge in [0, 0.05) is 25.1 Å². The predicted octanol–water partition coefficient (Wildman–Crippen LogP) is 3.99. The first-order valence-electron chi connectivity index (χ1n) is 7.31. The summed E-state index contributed by atoms with van der Waals surface area (Å²) in [5.74, 6) is 1.81. The van der Waals surface area contributed by atoms with Gasteiger partial charge in [0.15, 0.2) is 0 Å². The van der Waals surface area contributed by atoms with Crippen LogP contribution in [0.1, 0.15) is 32.6 Å². The Balaban J connectivity index is 1.91. The molecule has 2 rings (SSSR count). The molecule has 0 spiro atoms. The lowest BCUT2D eigenvalue weighted by Crippen LogP contribution is -2.21. The third kappa shape index (κ3) is 3.72. The summed E-state index contributed by atoms with van der Waals surface area (Å²) in [6.07, 6.45) is 8.59. The van der Waals surface area contributed by atoms with Crippen LogP contribution in [0.3, 0.4) is 0 Å². The maximum atomic E-state index is 4.42. The highest BCUT2D eigenvalue weighted by Crippen LogP contribution is 2.22. The van der Waals surface area contributed by atoms with Gasteiger partial charge in [-0.2, -0.15) is 0 Å². The van der Waals surface area contributed by atoms with Crippen molar-refractivity contribution in [2.45, 2.75) is 32.6 Å². The molecule has 2 heterocycles. The molecular formula is C15H23BrN4. The second-order valence-electron chi connectivity index (χ2n) is 5.31. The van der Waals surface area contributed by atoms with Crippen LogP contribution in [0.15, 0.2) is 18.6 Å². The van der Waals surface area contributed by atoms with E-state index in [1.807, 2.05) is 12.3 Å². The molecule has 5 heteroatoms. The summed E-state index contributed by atoms with van der Waals surface area (Å²) >= 11 is 3.62. The van der Waals surface area contributed by atoms with Crippen LogP contribution in [-0.2, 0) is 0 Å². The molecule has 0 saturated heterocycles. The van der Waals surface area contributed by atoms with Crippen molar-refractivity contribution < 1.29 is 0 Å². The van der Waals surface area contributed by atoms with Crippen LogP contribution in [0.5, 0.6) is 0 Å². The number of anilines is 1. The number of hydrogen-bond acceptors (Lipinski definition) is 3. The van der Waals surface area contributed by atoms with Gasteiger partial charge < -0.3 is 9.88 Å². The lowest BCUT2D eigenvalue weighted by atomic mass is 10.0. The van der Waals surface area contributed by atoms with Crippen LogP contribution in [-0.4, -0.2) is 33.9 Å². The summed E-state index contributed by atoms with van der Waals surface area (Å²) in [6, 6.07) is 2.04. The molecule has 1 N–H and O–H groups in total. The second kappa shape index (κ2) is 7.62. The summed E-state index contributed by atoms with van der Waals surface area (Å²) in [7, 11) is 2.11. The van der Waals surface area contributed by atoms with E-state index in [1.165, 1.54) is 25.7 Å². The summed E-state index contributed by atoms with van der Waals surface area (Å²) in [5.41, 5.74) is 0.908. The maximum Gasteiger partial charge on any atom is 0.142 e. The van der Waals surface area contributed by atoms with Gasteiger partial charge in [-0.25, -0.2) is 9.97 Å². The summed E-state index contributed by atoms with van der Waals surface area (Å²) in [6.45, 7) is 3.29. The Kier molecular flexibility index (Phi) is 5.83. The van der Waals surface area contributed by atoms with E-state index in [2.05, 4.69) is 49.8 Å². The molecule has 0 bridgehead atoms. The van der Waals surface area contributed by atoms with Gasteiger partial charge in [0.05, 0.1) is 5.39 Å². The number of nitrogens with one attached hydrogen (secondary N) is 1. The largest absolute Gasteiger partial charge is 0.359 e. The molecule has 0 amide bonds. The predicted molar refractivity (Wildman–Crippen MR) is 88.6 cm³/mol. The zero-order valence-electron chi connectivity index (χ0n) is 12.3. The van der Waals surface area contributed by atoms with E-state index in [0.717, 1.165) is 34.6 Å². The lowest BCUT2D eigenvalue weighted by Gasteiger charge is -2.20. The SMILES string of the molecule is CCC[C@@H](CBr)CCCN(C)c1ncnc2[nH]ccc12. The number of aromatic nitrogens is 3. The maximum absolute atomic E-state index is 4.42. The quantitative estimate of drug-likeness (QED) is 0.740. The fraction of sp³-hybridized carbons (Fsp3) is 0.600. The molecule has 1 atom stereocenters. The number of hydrogen-bond donors (Lipinski definition) is 1. The Hall–Kier alpha value is -1.10. The van der Waals surface area contributed by atoms with Gasteiger partial charge in [-0.1, -0.05) is 29.3 Å². The highest BCUT2D eigenvalue weighted by Gasteiger charge is 2.10. The van der Waals surface area contributed by atoms with E-state index in [0.29, 0.717) is 0 Å². The number of halogens is 1. The summed E-state index contributed by atoms with van der Waals surface area (Å²) in [5, 5.41) is 2.21. The molecule has 0 aromatic carbocycles. The first-order chi connectivity index (χ1) is 9.76. The van der Waals surface area contributed by atoms with E-state index >= 15 is 0 Å². The van der Waals surface area contributed by atoms with E-state index < -0.39 is 0 Å². The Morgan fingerprint density at radius 1 is 1.35 bits per heavy atom. The van der Waals surface area contributed by atoms with Crippen molar-refractivity contribution in [3.63, 3.8) is 0 Å². The standard InChI is InChI=1S/C15H23BrN4/c1-3-5-12(10-16)6-4-9-20(2)15-13-7-8-17-14(13)18-11-19-15/h7-8,11-12H,3-6,9-10H2,1-2H3,(H,17,18,19)/t12-/m1/s1. The third-order valence-corrected chi connectivity index (χ3v) is 4.63. The molecule has 0 aliphatic heterocycles. The number of aromatic amines is 1. The number of nitrogens with zero attached hydrogens (tertiary/aromatic N) is 3. The Bertz CT molecular complexity index is 525. The number of rotatable bonds is 8. The molecular weight excluding hydrogens is 316 g/mol. The van der Waals surface area contributed by atoms with Crippen molar-refractivity contribution >= 4 is 32.8 Å². The van der Waals surface area contributed by atoms with Crippen LogP contribution < -0.4 is 4.90 Å². The van der Waals surface area contributed by atoms with Crippen LogP contribution in [0.2, 0.25) is 0 Å². The fourth-order valence-electron chi connectivity index (χ4n) is 2.59. The van der Waals surface area contributed by atoms with Crippen molar-refractivity contribution in [1.29, 1.82) is 0 Å². The molecule has 4 nitrogen and oxygen atoms in total. The fourth-order valence-corrected chi connectivity index (χ4v) is 3.24. The van der Waals surface area contributed by atoms with Crippen molar-refractivity contribution in [3.8, 4) is 0 Å². The van der Waals surface area contributed by atoms with E-state index in [4.69, 9.17) is 0 Å². The van der Waals surface area contributed by atoms with E-state index in [-0.39, 0.29) is 0 Å². The Morgan fingerprint density at radius 3 is 2.95 bits per heavy atom. The average molecular weight is 339 g/mol. The topological polar surface area (TPSA) is 44.8 Å². The van der Waals surface area contributed by atoms with Gasteiger partial charge in [-0.05, 0) is 31.2 Å². The minimum absolute atomic E-state index is 0.797. The van der Waals surface area contributed by atoms with Gasteiger partial charge in [-0.3, -0.25) is 0 Å². The smallest absolute Gasteiger partial charge is 0.142 e. The minimum Gasteiger partial charge on any atom is -0.359 e. The van der Waals surface area contributed by atoms with Crippen molar-refractivity contribution in [2.75, 3.05) is 23.8 Å². The minimum atomic E-state index is 0.797. The first-order valence-corrected chi connectivity index (χ1v) is 8.43. The van der Waals surface area contributed by atoms with Gasteiger partial charge >= 0.3 is 0 Å². The molecule has 20 heavy (non-hydrogen) atoms. The second-order valence-corrected chi connectivity index (χ2v) is 5.96. The van der Waals surface area contributed by atoms with Crippen molar-refractivity contribution in [1.82, 2.24) is 15.0 Å². The van der Waals surface area contributed by atoms with E-state index in [9.17, 15) is 0 Å². The Labute approximate surface area is 129 Å². The van der Waals surface area contributed by atoms with Gasteiger partial charge in [-0.15, -0.1) is 0 Å². The number of fused-ring (bicyclic) bond motifs is 1. The molecule has 0 unspecified atom stereocenters. The zero-order valence-corrected chi connectivity index (χ0v) is 13.9. The number of H-pyrrole nitrogens is 1. The van der Waals surface area contributed by atoms with Crippen molar-refractivity contribution in [2.24, 2.45) is 5.92 Å². The lowest BCUT2D eigenvalue weighted by molar-refractivity contribution is 0.480. The molecule has 0 aliphatic carbocycles. The monoisotopic (exact) mass is 338 g/mol. The van der Waals surface area contributed by atoms with Crippen LogP contribution >= 0.6 is 15.9 Å². The molecule has 2 aromatic heterocycles. The third-order valence-electron chi connectivity index (χ3n) is 3.72. The Morgan fingerprint density at radius 2 is 2.20 bits per heavy atom. The summed E-state index contributed by atoms with van der Waals surface area (Å²) < 4.78 is 0.